The average molecular weight is 555 g/mol. The molecule has 0 aromatic heterocycles. The molecule has 4 atom stereocenters. The Morgan fingerprint density at radius 2 is 1.12 bits per heavy atom. The van der Waals surface area contributed by atoms with Crippen molar-refractivity contribution in [2.75, 3.05) is 0 Å². The highest BCUT2D eigenvalue weighted by atomic mass is 16.4. The lowest BCUT2D eigenvalue weighted by Gasteiger charge is -2.25. The Morgan fingerprint density at radius 3 is 1.52 bits per heavy atom. The van der Waals surface area contributed by atoms with E-state index in [1.165, 1.54) is 0 Å². The van der Waals surface area contributed by atoms with Crippen molar-refractivity contribution >= 4 is 29.7 Å². The number of rotatable bonds is 16. The second kappa shape index (κ2) is 16.0. The Bertz CT molecular complexity index is 1140. The summed E-state index contributed by atoms with van der Waals surface area (Å²) in [5, 5.41) is 26.1. The molecule has 0 fully saturated rings. The number of nitrogens with two attached hydrogens (primary N) is 1. The lowest BCUT2D eigenvalue weighted by molar-refractivity contribution is -0.143. The van der Waals surface area contributed by atoms with Gasteiger partial charge in [-0.1, -0.05) is 74.5 Å². The second-order valence-corrected chi connectivity index (χ2v) is 10.1. The van der Waals surface area contributed by atoms with Gasteiger partial charge in [-0.25, -0.2) is 4.79 Å². The molecule has 7 N–H and O–H groups in total. The van der Waals surface area contributed by atoms with Gasteiger partial charge in [-0.2, -0.15) is 0 Å². The monoisotopic (exact) mass is 554 g/mol. The SMILES string of the molecule is CC(C)CC(N)C(=O)NC(Cc1ccccc1)C(=O)NC(Cc1ccccc1)C(=O)NC(CCC(=O)O)C(=O)O. The van der Waals surface area contributed by atoms with Crippen molar-refractivity contribution in [1.29, 1.82) is 0 Å². The summed E-state index contributed by atoms with van der Waals surface area (Å²) in [7, 11) is 0. The topological polar surface area (TPSA) is 188 Å². The molecule has 0 saturated heterocycles. The number of carboxylic acid groups (broad SMARTS) is 2. The second-order valence-electron chi connectivity index (χ2n) is 10.1. The molecule has 0 heterocycles. The lowest BCUT2D eigenvalue weighted by atomic mass is 10.0. The first-order chi connectivity index (χ1) is 19.0. The molecule has 3 amide bonds. The maximum atomic E-state index is 13.5. The molecular formula is C29H38N4O7. The zero-order valence-corrected chi connectivity index (χ0v) is 22.7. The Labute approximate surface area is 233 Å². The van der Waals surface area contributed by atoms with Gasteiger partial charge in [-0.3, -0.25) is 19.2 Å². The van der Waals surface area contributed by atoms with Crippen LogP contribution in [0.25, 0.3) is 0 Å². The third kappa shape index (κ3) is 11.2. The van der Waals surface area contributed by atoms with Crippen LogP contribution in [0.2, 0.25) is 0 Å². The van der Waals surface area contributed by atoms with Crippen LogP contribution in [0.4, 0.5) is 0 Å². The summed E-state index contributed by atoms with van der Waals surface area (Å²) in [5.41, 5.74) is 7.50. The molecule has 0 aliphatic rings. The minimum absolute atomic E-state index is 0.0303. The predicted octanol–water partition coefficient (Wildman–Crippen LogP) is 1.25. The van der Waals surface area contributed by atoms with Crippen LogP contribution in [0.1, 0.15) is 44.2 Å². The third-order valence-electron chi connectivity index (χ3n) is 6.15. The fraction of sp³-hybridized carbons (Fsp3) is 0.414. The van der Waals surface area contributed by atoms with Crippen molar-refractivity contribution in [3.63, 3.8) is 0 Å². The minimum Gasteiger partial charge on any atom is -0.481 e. The lowest BCUT2D eigenvalue weighted by Crippen LogP contribution is -2.58. The van der Waals surface area contributed by atoms with E-state index in [-0.39, 0.29) is 25.2 Å². The van der Waals surface area contributed by atoms with Crippen LogP contribution in [0.3, 0.4) is 0 Å². The third-order valence-corrected chi connectivity index (χ3v) is 6.15. The van der Waals surface area contributed by atoms with E-state index in [1.807, 2.05) is 19.9 Å². The van der Waals surface area contributed by atoms with Crippen LogP contribution in [0.15, 0.2) is 60.7 Å². The van der Waals surface area contributed by atoms with Crippen molar-refractivity contribution in [3.05, 3.63) is 71.8 Å². The fourth-order valence-corrected chi connectivity index (χ4v) is 4.08. The maximum Gasteiger partial charge on any atom is 0.326 e. The largest absolute Gasteiger partial charge is 0.481 e. The highest BCUT2D eigenvalue weighted by Gasteiger charge is 2.31. The first-order valence-electron chi connectivity index (χ1n) is 13.1. The summed E-state index contributed by atoms with van der Waals surface area (Å²) in [6.07, 6.45) is -0.222. The molecule has 0 aliphatic heterocycles. The molecule has 11 heteroatoms. The van der Waals surface area contributed by atoms with Crippen molar-refractivity contribution < 1.29 is 34.2 Å². The summed E-state index contributed by atoms with van der Waals surface area (Å²) in [6.45, 7) is 3.85. The van der Waals surface area contributed by atoms with Crippen LogP contribution in [-0.4, -0.2) is 64.0 Å². The number of aliphatic carboxylic acids is 2. The Balaban J connectivity index is 2.29. The van der Waals surface area contributed by atoms with Gasteiger partial charge >= 0.3 is 11.9 Å². The molecule has 0 aliphatic carbocycles. The number of benzene rings is 2. The van der Waals surface area contributed by atoms with Gasteiger partial charge < -0.3 is 31.9 Å². The molecular weight excluding hydrogens is 516 g/mol. The van der Waals surface area contributed by atoms with E-state index >= 15 is 0 Å². The number of carbonyl (C=O) groups is 5. The Morgan fingerprint density at radius 1 is 0.700 bits per heavy atom. The minimum atomic E-state index is -1.47. The number of hydrogen-bond acceptors (Lipinski definition) is 6. The van der Waals surface area contributed by atoms with Crippen molar-refractivity contribution in [1.82, 2.24) is 16.0 Å². The summed E-state index contributed by atoms with van der Waals surface area (Å²) in [6, 6.07) is 13.2. The van der Waals surface area contributed by atoms with E-state index in [9.17, 15) is 29.1 Å². The highest BCUT2D eigenvalue weighted by molar-refractivity contribution is 5.94. The number of carbonyl (C=O) groups excluding carboxylic acids is 3. The van der Waals surface area contributed by atoms with Crippen LogP contribution in [0.5, 0.6) is 0 Å². The number of carboxylic acids is 2. The molecule has 0 spiro atoms. The van der Waals surface area contributed by atoms with Gasteiger partial charge in [0.15, 0.2) is 0 Å². The summed E-state index contributed by atoms with van der Waals surface area (Å²) < 4.78 is 0. The molecule has 11 nitrogen and oxygen atoms in total. The molecule has 0 bridgehead atoms. The summed E-state index contributed by atoms with van der Waals surface area (Å²) in [4.78, 5) is 62.2. The Hall–Kier alpha value is -4.25. The molecule has 0 radical (unpaired) electrons. The Kier molecular flexibility index (Phi) is 12.8. The van der Waals surface area contributed by atoms with E-state index in [1.54, 1.807) is 54.6 Å². The van der Waals surface area contributed by atoms with E-state index in [0.29, 0.717) is 12.0 Å². The van der Waals surface area contributed by atoms with Crippen LogP contribution in [-0.2, 0) is 36.8 Å². The van der Waals surface area contributed by atoms with E-state index in [4.69, 9.17) is 10.8 Å². The van der Waals surface area contributed by atoms with Crippen LogP contribution in [0, 0.1) is 5.92 Å². The quantitative estimate of drug-likeness (QED) is 0.179. The molecule has 4 unspecified atom stereocenters. The van der Waals surface area contributed by atoms with Crippen LogP contribution >= 0.6 is 0 Å². The van der Waals surface area contributed by atoms with Gasteiger partial charge in [0, 0.05) is 19.3 Å². The van der Waals surface area contributed by atoms with Crippen LogP contribution < -0.4 is 21.7 Å². The smallest absolute Gasteiger partial charge is 0.326 e. The number of amides is 3. The average Bonchev–Trinajstić information content (AvgIpc) is 2.90. The van der Waals surface area contributed by atoms with E-state index < -0.39 is 60.2 Å². The number of hydrogen-bond donors (Lipinski definition) is 6. The molecule has 216 valence electrons. The van der Waals surface area contributed by atoms with Gasteiger partial charge in [0.25, 0.3) is 0 Å². The zero-order chi connectivity index (χ0) is 29.7. The maximum absolute atomic E-state index is 13.5. The number of nitrogens with one attached hydrogen (secondary N) is 3. The first-order valence-corrected chi connectivity index (χ1v) is 13.1. The van der Waals surface area contributed by atoms with Gasteiger partial charge in [-0.15, -0.1) is 0 Å². The fourth-order valence-electron chi connectivity index (χ4n) is 4.08. The van der Waals surface area contributed by atoms with Crippen molar-refractivity contribution in [2.24, 2.45) is 11.7 Å². The highest BCUT2D eigenvalue weighted by Crippen LogP contribution is 2.09. The molecule has 0 saturated carbocycles. The normalized spacial score (nSPS) is 13.9. The molecule has 2 rings (SSSR count). The van der Waals surface area contributed by atoms with E-state index in [0.717, 1.165) is 5.56 Å². The standard InChI is InChI=1S/C29H38N4O7/c1-18(2)15-21(30)26(36)32-23(16-19-9-5-3-6-10-19)28(38)33-24(17-20-11-7-4-8-12-20)27(37)31-22(29(39)40)13-14-25(34)35/h3-12,18,21-24H,13-17,30H2,1-2H3,(H,31,37)(H,32,36)(H,33,38)(H,34,35)(H,39,40). The van der Waals surface area contributed by atoms with Gasteiger partial charge in [0.2, 0.25) is 17.7 Å². The molecule has 2 aromatic carbocycles. The van der Waals surface area contributed by atoms with Crippen molar-refractivity contribution in [3.8, 4) is 0 Å². The first kappa shape index (κ1) is 32.0. The summed E-state index contributed by atoms with van der Waals surface area (Å²) >= 11 is 0. The summed E-state index contributed by atoms with van der Waals surface area (Å²) in [5.74, 6) is -4.39. The zero-order valence-electron chi connectivity index (χ0n) is 22.7. The van der Waals surface area contributed by atoms with Gasteiger partial charge in [0.05, 0.1) is 6.04 Å². The predicted molar refractivity (Wildman–Crippen MR) is 148 cm³/mol. The van der Waals surface area contributed by atoms with Gasteiger partial charge in [-0.05, 0) is 29.9 Å². The molecule has 40 heavy (non-hydrogen) atoms. The molecule has 2 aromatic rings. The van der Waals surface area contributed by atoms with Gasteiger partial charge in [0.1, 0.15) is 18.1 Å². The van der Waals surface area contributed by atoms with Crippen molar-refractivity contribution in [2.45, 2.75) is 70.1 Å². The van der Waals surface area contributed by atoms with E-state index in [2.05, 4.69) is 16.0 Å².